The van der Waals surface area contributed by atoms with Gasteiger partial charge in [-0.3, -0.25) is 4.98 Å². The van der Waals surface area contributed by atoms with E-state index in [0.29, 0.717) is 0 Å². The molecule has 0 bridgehead atoms. The van der Waals surface area contributed by atoms with Crippen LogP contribution in [0.3, 0.4) is 0 Å². The van der Waals surface area contributed by atoms with Crippen LogP contribution in [0, 0.1) is 0 Å². The average Bonchev–Trinajstić information content (AvgIpc) is 2.44. The predicted octanol–water partition coefficient (Wildman–Crippen LogP) is 2.86. The van der Waals surface area contributed by atoms with Crippen molar-refractivity contribution < 1.29 is 9.47 Å². The highest BCUT2D eigenvalue weighted by Gasteiger charge is 2.11. The topological polar surface area (TPSA) is 43.4 Å². The summed E-state index contributed by atoms with van der Waals surface area (Å²) in [6, 6.07) is 5.85. The summed E-state index contributed by atoms with van der Waals surface area (Å²) in [6.45, 7) is 2.09. The first kappa shape index (κ1) is 12.5. The van der Waals surface area contributed by atoms with E-state index in [4.69, 9.17) is 9.47 Å². The van der Waals surface area contributed by atoms with Crippen LogP contribution in [0.2, 0.25) is 0 Å². The van der Waals surface area contributed by atoms with Gasteiger partial charge in [-0.1, -0.05) is 6.92 Å². The molecular weight excluding hydrogens is 228 g/mol. The van der Waals surface area contributed by atoms with Crippen LogP contribution in [0.15, 0.2) is 18.2 Å². The van der Waals surface area contributed by atoms with E-state index in [1.165, 1.54) is 0 Å². The molecule has 0 amide bonds. The third-order valence-electron chi connectivity index (χ3n) is 2.99. The first-order chi connectivity index (χ1) is 8.73. The van der Waals surface area contributed by atoms with Gasteiger partial charge in [0.05, 0.1) is 25.1 Å². The number of hydrogen-bond donors (Lipinski definition) is 1. The number of benzene rings is 1. The molecule has 0 radical (unpaired) electrons. The molecule has 0 unspecified atom stereocenters. The normalized spacial score (nSPS) is 10.4. The Morgan fingerprint density at radius 2 is 1.94 bits per heavy atom. The number of pyridine rings is 1. The second-order valence-corrected chi connectivity index (χ2v) is 3.99. The molecule has 0 aliphatic heterocycles. The van der Waals surface area contributed by atoms with Gasteiger partial charge in [0.25, 0.3) is 0 Å². The summed E-state index contributed by atoms with van der Waals surface area (Å²) < 4.78 is 10.7. The minimum Gasteiger partial charge on any atom is -0.497 e. The van der Waals surface area contributed by atoms with Crippen LogP contribution in [0.1, 0.15) is 12.6 Å². The smallest absolute Gasteiger partial charge is 0.134 e. The maximum Gasteiger partial charge on any atom is 0.134 e. The zero-order chi connectivity index (χ0) is 13.1. The van der Waals surface area contributed by atoms with Crippen molar-refractivity contribution in [3.8, 4) is 11.5 Å². The number of aryl methyl sites for hydroxylation is 1. The van der Waals surface area contributed by atoms with Crippen LogP contribution < -0.4 is 14.8 Å². The Morgan fingerprint density at radius 1 is 1.17 bits per heavy atom. The first-order valence-electron chi connectivity index (χ1n) is 5.96. The number of nitrogens with zero attached hydrogens (tertiary/aromatic N) is 1. The van der Waals surface area contributed by atoms with E-state index in [1.54, 1.807) is 14.2 Å². The molecular formula is C14H18N2O2. The fourth-order valence-corrected chi connectivity index (χ4v) is 2.02. The second kappa shape index (κ2) is 5.12. The van der Waals surface area contributed by atoms with E-state index in [-0.39, 0.29) is 0 Å². The molecule has 4 heteroatoms. The van der Waals surface area contributed by atoms with Crippen molar-refractivity contribution in [1.29, 1.82) is 0 Å². The Labute approximate surface area is 107 Å². The van der Waals surface area contributed by atoms with Gasteiger partial charge in [0.2, 0.25) is 0 Å². The summed E-state index contributed by atoms with van der Waals surface area (Å²) in [4.78, 5) is 4.62. The summed E-state index contributed by atoms with van der Waals surface area (Å²) in [5, 5.41) is 4.18. The van der Waals surface area contributed by atoms with Crippen LogP contribution in [0.4, 0.5) is 5.69 Å². The van der Waals surface area contributed by atoms with Gasteiger partial charge >= 0.3 is 0 Å². The van der Waals surface area contributed by atoms with Gasteiger partial charge in [0.1, 0.15) is 11.5 Å². The van der Waals surface area contributed by atoms with Crippen molar-refractivity contribution in [3.05, 3.63) is 23.9 Å². The van der Waals surface area contributed by atoms with Gasteiger partial charge in [-0.25, -0.2) is 0 Å². The van der Waals surface area contributed by atoms with Crippen LogP contribution in [-0.2, 0) is 6.42 Å². The lowest BCUT2D eigenvalue weighted by atomic mass is 10.1. The van der Waals surface area contributed by atoms with Gasteiger partial charge in [0, 0.05) is 30.6 Å². The summed E-state index contributed by atoms with van der Waals surface area (Å²) in [5.41, 5.74) is 2.95. The summed E-state index contributed by atoms with van der Waals surface area (Å²) in [6.07, 6.45) is 0.893. The van der Waals surface area contributed by atoms with E-state index in [1.807, 2.05) is 19.2 Å². The molecule has 1 N–H and O–H groups in total. The van der Waals surface area contributed by atoms with E-state index in [0.717, 1.165) is 40.2 Å². The van der Waals surface area contributed by atoms with Crippen molar-refractivity contribution in [3.63, 3.8) is 0 Å². The van der Waals surface area contributed by atoms with Gasteiger partial charge in [-0.15, -0.1) is 0 Å². The lowest BCUT2D eigenvalue weighted by molar-refractivity contribution is 0.398. The fraction of sp³-hybridized carbons (Fsp3) is 0.357. The Hall–Kier alpha value is -1.97. The third kappa shape index (κ3) is 2.06. The molecule has 18 heavy (non-hydrogen) atoms. The molecule has 0 aliphatic carbocycles. The molecule has 1 aromatic heterocycles. The number of ether oxygens (including phenoxy) is 2. The average molecular weight is 246 g/mol. The summed E-state index contributed by atoms with van der Waals surface area (Å²) >= 11 is 0. The molecule has 0 atom stereocenters. The Kier molecular flexibility index (Phi) is 3.55. The summed E-state index contributed by atoms with van der Waals surface area (Å²) in [5.74, 6) is 1.52. The molecule has 0 saturated heterocycles. The molecule has 1 aromatic carbocycles. The maximum atomic E-state index is 5.43. The fourth-order valence-electron chi connectivity index (χ4n) is 2.02. The van der Waals surface area contributed by atoms with E-state index in [2.05, 4.69) is 23.3 Å². The SMILES string of the molecule is CCc1cc(NC)c2c(OC)cc(OC)cc2n1. The van der Waals surface area contributed by atoms with E-state index in [9.17, 15) is 0 Å². The van der Waals surface area contributed by atoms with Crippen LogP contribution >= 0.6 is 0 Å². The quantitative estimate of drug-likeness (QED) is 0.900. The molecule has 2 aromatic rings. The summed E-state index contributed by atoms with van der Waals surface area (Å²) in [7, 11) is 5.20. The zero-order valence-corrected chi connectivity index (χ0v) is 11.2. The predicted molar refractivity (Wildman–Crippen MR) is 73.8 cm³/mol. The van der Waals surface area contributed by atoms with Gasteiger partial charge < -0.3 is 14.8 Å². The van der Waals surface area contributed by atoms with E-state index < -0.39 is 0 Å². The lowest BCUT2D eigenvalue weighted by Crippen LogP contribution is -1.98. The molecule has 0 fully saturated rings. The van der Waals surface area contributed by atoms with E-state index >= 15 is 0 Å². The largest absolute Gasteiger partial charge is 0.497 e. The number of anilines is 1. The number of fused-ring (bicyclic) bond motifs is 1. The zero-order valence-electron chi connectivity index (χ0n) is 11.2. The first-order valence-corrected chi connectivity index (χ1v) is 5.96. The third-order valence-corrected chi connectivity index (χ3v) is 2.99. The number of methoxy groups -OCH3 is 2. The van der Waals surface area contributed by atoms with Crippen LogP contribution in [-0.4, -0.2) is 26.3 Å². The number of nitrogens with one attached hydrogen (secondary N) is 1. The molecule has 0 saturated carbocycles. The van der Waals surface area contributed by atoms with Crippen molar-refractivity contribution >= 4 is 16.6 Å². The molecule has 96 valence electrons. The van der Waals surface area contributed by atoms with Crippen LogP contribution in [0.5, 0.6) is 11.5 Å². The number of rotatable bonds is 4. The highest BCUT2D eigenvalue weighted by molar-refractivity contribution is 5.97. The number of hydrogen-bond acceptors (Lipinski definition) is 4. The van der Waals surface area contributed by atoms with Crippen LogP contribution in [0.25, 0.3) is 10.9 Å². The maximum absolute atomic E-state index is 5.43. The highest BCUT2D eigenvalue weighted by Crippen LogP contribution is 2.35. The minimum atomic E-state index is 0.752. The molecule has 4 nitrogen and oxygen atoms in total. The Morgan fingerprint density at radius 3 is 2.50 bits per heavy atom. The van der Waals surface area contributed by atoms with Crippen molar-refractivity contribution in [2.45, 2.75) is 13.3 Å². The molecule has 0 aliphatic rings. The van der Waals surface area contributed by atoms with Crippen molar-refractivity contribution in [2.24, 2.45) is 0 Å². The molecule has 1 heterocycles. The van der Waals surface area contributed by atoms with Crippen molar-refractivity contribution in [2.75, 3.05) is 26.6 Å². The minimum absolute atomic E-state index is 0.752. The van der Waals surface area contributed by atoms with Crippen molar-refractivity contribution in [1.82, 2.24) is 4.98 Å². The Balaban J connectivity index is 2.80. The lowest BCUT2D eigenvalue weighted by Gasteiger charge is -2.13. The standard InChI is InChI=1S/C14H18N2O2/c1-5-9-6-11(15-2)14-12(16-9)7-10(17-3)8-13(14)18-4/h6-8H,5H2,1-4H3,(H,15,16). The number of aromatic nitrogens is 1. The molecule has 0 spiro atoms. The van der Waals surface area contributed by atoms with Gasteiger partial charge in [-0.05, 0) is 12.5 Å². The molecule has 2 rings (SSSR count). The highest BCUT2D eigenvalue weighted by atomic mass is 16.5. The Bertz CT molecular complexity index is 520. The second-order valence-electron chi connectivity index (χ2n) is 3.99. The van der Waals surface area contributed by atoms with Gasteiger partial charge in [-0.2, -0.15) is 0 Å². The van der Waals surface area contributed by atoms with Gasteiger partial charge in [0.15, 0.2) is 0 Å². The monoisotopic (exact) mass is 246 g/mol.